The average molecular weight is 232 g/mol. The SMILES string of the molecule is CC1COCCC1c1nc2cc(N)ccc2o1. The Balaban J connectivity index is 1.99. The molecule has 1 aliphatic rings. The van der Waals surface area contributed by atoms with Crippen molar-refractivity contribution in [2.75, 3.05) is 18.9 Å². The Morgan fingerprint density at radius 2 is 2.29 bits per heavy atom. The minimum absolute atomic E-state index is 0.359. The summed E-state index contributed by atoms with van der Waals surface area (Å²) in [6.07, 6.45) is 0.976. The number of aromatic nitrogens is 1. The summed E-state index contributed by atoms with van der Waals surface area (Å²) in [5.41, 5.74) is 8.12. The lowest BCUT2D eigenvalue weighted by Gasteiger charge is -2.26. The van der Waals surface area contributed by atoms with E-state index in [4.69, 9.17) is 14.9 Å². The van der Waals surface area contributed by atoms with Gasteiger partial charge in [0, 0.05) is 24.8 Å². The second-order valence-electron chi connectivity index (χ2n) is 4.73. The zero-order chi connectivity index (χ0) is 11.8. The van der Waals surface area contributed by atoms with E-state index in [0.717, 1.165) is 42.3 Å². The van der Waals surface area contributed by atoms with E-state index in [1.807, 2.05) is 18.2 Å². The molecule has 0 spiro atoms. The van der Waals surface area contributed by atoms with Crippen molar-refractivity contribution in [2.45, 2.75) is 19.3 Å². The highest BCUT2D eigenvalue weighted by Gasteiger charge is 2.27. The number of nitrogens with two attached hydrogens (primary N) is 1. The van der Waals surface area contributed by atoms with Crippen molar-refractivity contribution in [3.63, 3.8) is 0 Å². The van der Waals surface area contributed by atoms with Gasteiger partial charge in [0.25, 0.3) is 0 Å². The molecule has 0 amide bonds. The maximum absolute atomic E-state index is 5.81. The molecule has 0 aliphatic carbocycles. The number of hydrogen-bond acceptors (Lipinski definition) is 4. The number of anilines is 1. The third-order valence-electron chi connectivity index (χ3n) is 3.39. The molecule has 2 N–H and O–H groups in total. The van der Waals surface area contributed by atoms with Gasteiger partial charge in [-0.15, -0.1) is 0 Å². The van der Waals surface area contributed by atoms with Gasteiger partial charge in [-0.1, -0.05) is 6.92 Å². The van der Waals surface area contributed by atoms with Crippen molar-refractivity contribution in [3.8, 4) is 0 Å². The Kier molecular flexibility index (Phi) is 2.52. The summed E-state index contributed by atoms with van der Waals surface area (Å²) in [7, 11) is 0. The van der Waals surface area contributed by atoms with E-state index in [9.17, 15) is 0 Å². The summed E-state index contributed by atoms with van der Waals surface area (Å²) in [5, 5.41) is 0. The van der Waals surface area contributed by atoms with Gasteiger partial charge in [-0.2, -0.15) is 0 Å². The summed E-state index contributed by atoms with van der Waals surface area (Å²) in [5.74, 6) is 1.63. The number of nitrogen functional groups attached to an aromatic ring is 1. The van der Waals surface area contributed by atoms with Crippen LogP contribution in [0.3, 0.4) is 0 Å². The number of oxazole rings is 1. The fourth-order valence-electron chi connectivity index (χ4n) is 2.37. The Bertz CT molecular complexity index is 535. The third kappa shape index (κ3) is 1.89. The van der Waals surface area contributed by atoms with Gasteiger partial charge >= 0.3 is 0 Å². The first kappa shape index (κ1) is 10.6. The molecule has 90 valence electrons. The lowest BCUT2D eigenvalue weighted by molar-refractivity contribution is 0.0411. The zero-order valence-electron chi connectivity index (χ0n) is 9.85. The van der Waals surface area contributed by atoms with Crippen LogP contribution in [-0.2, 0) is 4.74 Å². The highest BCUT2D eigenvalue weighted by Crippen LogP contribution is 2.33. The minimum atomic E-state index is 0.359. The lowest BCUT2D eigenvalue weighted by atomic mass is 9.90. The van der Waals surface area contributed by atoms with E-state index < -0.39 is 0 Å². The lowest BCUT2D eigenvalue weighted by Crippen LogP contribution is -2.23. The molecule has 4 nitrogen and oxygen atoms in total. The van der Waals surface area contributed by atoms with Crippen molar-refractivity contribution in [3.05, 3.63) is 24.1 Å². The number of ether oxygens (including phenoxy) is 1. The molecule has 2 aromatic rings. The molecule has 17 heavy (non-hydrogen) atoms. The van der Waals surface area contributed by atoms with Crippen LogP contribution in [0.25, 0.3) is 11.1 Å². The van der Waals surface area contributed by atoms with Crippen LogP contribution < -0.4 is 5.73 Å². The molecule has 1 fully saturated rings. The van der Waals surface area contributed by atoms with Crippen LogP contribution in [0, 0.1) is 5.92 Å². The maximum Gasteiger partial charge on any atom is 0.199 e. The Morgan fingerprint density at radius 1 is 1.41 bits per heavy atom. The van der Waals surface area contributed by atoms with E-state index in [0.29, 0.717) is 11.8 Å². The van der Waals surface area contributed by atoms with Gasteiger partial charge in [0.15, 0.2) is 11.5 Å². The average Bonchev–Trinajstić information content (AvgIpc) is 2.72. The van der Waals surface area contributed by atoms with Gasteiger partial charge in [-0.3, -0.25) is 0 Å². The van der Waals surface area contributed by atoms with E-state index in [2.05, 4.69) is 11.9 Å². The second kappa shape index (κ2) is 4.04. The summed E-state index contributed by atoms with van der Waals surface area (Å²) < 4.78 is 11.2. The molecule has 2 unspecified atom stereocenters. The fraction of sp³-hybridized carbons (Fsp3) is 0.462. The maximum atomic E-state index is 5.81. The van der Waals surface area contributed by atoms with Crippen molar-refractivity contribution in [1.82, 2.24) is 4.98 Å². The minimum Gasteiger partial charge on any atom is -0.440 e. The Morgan fingerprint density at radius 3 is 3.12 bits per heavy atom. The molecule has 3 rings (SSSR count). The zero-order valence-corrected chi connectivity index (χ0v) is 9.85. The van der Waals surface area contributed by atoms with Gasteiger partial charge in [0.05, 0.1) is 0 Å². The van der Waals surface area contributed by atoms with Crippen LogP contribution in [-0.4, -0.2) is 18.2 Å². The van der Waals surface area contributed by atoms with Gasteiger partial charge in [0.2, 0.25) is 0 Å². The van der Waals surface area contributed by atoms with Crippen molar-refractivity contribution < 1.29 is 9.15 Å². The fourth-order valence-corrected chi connectivity index (χ4v) is 2.37. The number of nitrogens with zero attached hydrogens (tertiary/aromatic N) is 1. The van der Waals surface area contributed by atoms with Crippen LogP contribution in [0.15, 0.2) is 22.6 Å². The molecule has 1 aromatic heterocycles. The third-order valence-corrected chi connectivity index (χ3v) is 3.39. The number of benzene rings is 1. The standard InChI is InChI=1S/C13H16N2O2/c1-8-7-16-5-4-10(8)13-15-11-6-9(14)2-3-12(11)17-13/h2-3,6,8,10H,4-5,7,14H2,1H3. The molecular formula is C13H16N2O2. The summed E-state index contributed by atoms with van der Waals surface area (Å²) >= 11 is 0. The van der Waals surface area contributed by atoms with Crippen molar-refractivity contribution >= 4 is 16.8 Å². The molecule has 0 radical (unpaired) electrons. The number of hydrogen-bond donors (Lipinski definition) is 1. The predicted molar refractivity (Wildman–Crippen MR) is 65.8 cm³/mol. The van der Waals surface area contributed by atoms with E-state index in [1.54, 1.807) is 0 Å². The first-order valence-corrected chi connectivity index (χ1v) is 5.98. The van der Waals surface area contributed by atoms with Gasteiger partial charge in [0.1, 0.15) is 5.52 Å². The van der Waals surface area contributed by atoms with Crippen LogP contribution in [0.2, 0.25) is 0 Å². The Hall–Kier alpha value is -1.55. The molecule has 0 saturated carbocycles. The van der Waals surface area contributed by atoms with Crippen LogP contribution in [0.4, 0.5) is 5.69 Å². The molecule has 1 aromatic carbocycles. The monoisotopic (exact) mass is 232 g/mol. The molecule has 4 heteroatoms. The highest BCUT2D eigenvalue weighted by atomic mass is 16.5. The van der Waals surface area contributed by atoms with Gasteiger partial charge in [-0.25, -0.2) is 4.98 Å². The van der Waals surface area contributed by atoms with Gasteiger partial charge < -0.3 is 14.9 Å². The molecule has 1 saturated heterocycles. The highest BCUT2D eigenvalue weighted by molar-refractivity contribution is 5.76. The number of rotatable bonds is 1. The van der Waals surface area contributed by atoms with E-state index in [1.165, 1.54) is 0 Å². The van der Waals surface area contributed by atoms with Crippen LogP contribution in [0.5, 0.6) is 0 Å². The van der Waals surface area contributed by atoms with E-state index in [-0.39, 0.29) is 0 Å². The first-order chi connectivity index (χ1) is 8.24. The van der Waals surface area contributed by atoms with Gasteiger partial charge in [-0.05, 0) is 30.5 Å². The summed E-state index contributed by atoms with van der Waals surface area (Å²) in [6, 6.07) is 5.57. The molecule has 1 aliphatic heterocycles. The van der Waals surface area contributed by atoms with Crippen molar-refractivity contribution in [1.29, 1.82) is 0 Å². The smallest absolute Gasteiger partial charge is 0.199 e. The Labute approximate surface area is 99.8 Å². The topological polar surface area (TPSA) is 61.3 Å². The summed E-state index contributed by atoms with van der Waals surface area (Å²) in [6.45, 7) is 3.74. The molecule has 2 atom stereocenters. The normalized spacial score (nSPS) is 25.2. The molecule has 2 heterocycles. The van der Waals surface area contributed by atoms with Crippen LogP contribution >= 0.6 is 0 Å². The predicted octanol–water partition coefficient (Wildman–Crippen LogP) is 2.55. The quantitative estimate of drug-likeness (QED) is 0.767. The van der Waals surface area contributed by atoms with Crippen molar-refractivity contribution in [2.24, 2.45) is 5.92 Å². The number of fused-ring (bicyclic) bond motifs is 1. The van der Waals surface area contributed by atoms with Crippen LogP contribution in [0.1, 0.15) is 25.2 Å². The summed E-state index contributed by atoms with van der Waals surface area (Å²) in [4.78, 5) is 4.55. The largest absolute Gasteiger partial charge is 0.440 e. The second-order valence-corrected chi connectivity index (χ2v) is 4.73. The molecule has 0 bridgehead atoms. The molecular weight excluding hydrogens is 216 g/mol. The van der Waals surface area contributed by atoms with E-state index >= 15 is 0 Å². The first-order valence-electron chi connectivity index (χ1n) is 5.98.